The van der Waals surface area contributed by atoms with E-state index < -0.39 is 17.6 Å². The molecule has 0 N–H and O–H groups in total. The van der Waals surface area contributed by atoms with E-state index in [1.165, 1.54) is 51.3 Å². The molecule has 1 aliphatic carbocycles. The van der Waals surface area contributed by atoms with Crippen LogP contribution in [0.25, 0.3) is 0 Å². The molecule has 25 heavy (non-hydrogen) atoms. The Morgan fingerprint density at radius 1 is 1.16 bits per heavy atom. The number of halogens is 3. The summed E-state index contributed by atoms with van der Waals surface area (Å²) in [5.74, 6) is 0.228. The van der Waals surface area contributed by atoms with Gasteiger partial charge in [0, 0.05) is 12.8 Å². The van der Waals surface area contributed by atoms with Crippen LogP contribution >= 0.6 is 0 Å². The molecule has 2 unspecified atom stereocenters. The minimum absolute atomic E-state index is 0.101. The molecule has 136 valence electrons. The van der Waals surface area contributed by atoms with Gasteiger partial charge < -0.3 is 9.47 Å². The van der Waals surface area contributed by atoms with Gasteiger partial charge in [-0.15, -0.1) is 0 Å². The van der Waals surface area contributed by atoms with Crippen LogP contribution in [0.4, 0.5) is 13.2 Å². The van der Waals surface area contributed by atoms with Gasteiger partial charge in [0.25, 0.3) is 0 Å². The zero-order chi connectivity index (χ0) is 18.8. The fourth-order valence-corrected chi connectivity index (χ4v) is 3.04. The number of hydrogen-bond acceptors (Lipinski definition) is 3. The summed E-state index contributed by atoms with van der Waals surface area (Å²) < 4.78 is 52.1. The highest BCUT2D eigenvalue weighted by atomic mass is 19.4. The van der Waals surface area contributed by atoms with E-state index in [1.54, 1.807) is 6.08 Å². The van der Waals surface area contributed by atoms with Gasteiger partial charge in [-0.2, -0.15) is 13.2 Å². The van der Waals surface area contributed by atoms with Gasteiger partial charge >= 0.3 is 12.1 Å². The van der Waals surface area contributed by atoms with Crippen molar-refractivity contribution in [2.24, 2.45) is 5.92 Å². The average Bonchev–Trinajstić information content (AvgIpc) is 2.53. The van der Waals surface area contributed by atoms with Gasteiger partial charge in [-0.05, 0) is 37.1 Å². The number of hydrogen-bond donors (Lipinski definition) is 0. The van der Waals surface area contributed by atoms with Crippen LogP contribution in [0.15, 0.2) is 47.7 Å². The molecule has 0 saturated heterocycles. The highest BCUT2D eigenvalue weighted by Crippen LogP contribution is 2.49. The standard InChI is InChI=1S/C19H21F3O3/c1-12-11-15(7-10-17(12)24-4)18(3,19(20,21)22)14-5-8-16(9-6-14)25-13(2)23/h5-10,12H,11H2,1-4H3. The zero-order valence-corrected chi connectivity index (χ0v) is 14.6. The van der Waals surface area contributed by atoms with E-state index >= 15 is 0 Å². The van der Waals surface area contributed by atoms with Gasteiger partial charge in [0.1, 0.15) is 11.2 Å². The van der Waals surface area contributed by atoms with Crippen LogP contribution in [0, 0.1) is 5.92 Å². The topological polar surface area (TPSA) is 35.5 Å². The van der Waals surface area contributed by atoms with Crippen LogP contribution in [0.1, 0.15) is 32.8 Å². The summed E-state index contributed by atoms with van der Waals surface area (Å²) in [5.41, 5.74) is -1.76. The van der Waals surface area contributed by atoms with Gasteiger partial charge in [0.15, 0.2) is 0 Å². The molecule has 2 rings (SSSR count). The molecule has 0 spiro atoms. The first kappa shape index (κ1) is 19.1. The van der Waals surface area contributed by atoms with E-state index in [2.05, 4.69) is 0 Å². The molecule has 0 radical (unpaired) electrons. The van der Waals surface area contributed by atoms with Gasteiger partial charge in [-0.25, -0.2) is 0 Å². The summed E-state index contributed by atoms with van der Waals surface area (Å²) in [5, 5.41) is 0. The van der Waals surface area contributed by atoms with Crippen molar-refractivity contribution in [2.75, 3.05) is 7.11 Å². The monoisotopic (exact) mass is 354 g/mol. The largest absolute Gasteiger partial charge is 0.501 e. The molecular formula is C19H21F3O3. The molecule has 2 atom stereocenters. The maximum Gasteiger partial charge on any atom is 0.401 e. The number of carbonyl (C=O) groups is 1. The highest BCUT2D eigenvalue weighted by Gasteiger charge is 2.54. The molecular weight excluding hydrogens is 333 g/mol. The minimum Gasteiger partial charge on any atom is -0.501 e. The van der Waals surface area contributed by atoms with Crippen LogP contribution in [0.5, 0.6) is 5.75 Å². The van der Waals surface area contributed by atoms with E-state index in [9.17, 15) is 18.0 Å². The number of methoxy groups -OCH3 is 1. The molecule has 3 nitrogen and oxygen atoms in total. The fraction of sp³-hybridized carbons (Fsp3) is 0.421. The first-order chi connectivity index (χ1) is 11.6. The third kappa shape index (κ3) is 3.72. The molecule has 0 saturated carbocycles. The van der Waals surface area contributed by atoms with Crippen molar-refractivity contribution in [3.05, 3.63) is 53.3 Å². The molecule has 1 aromatic carbocycles. The Hall–Kier alpha value is -2.24. The van der Waals surface area contributed by atoms with Gasteiger partial charge in [0.2, 0.25) is 0 Å². The van der Waals surface area contributed by atoms with Crippen molar-refractivity contribution in [1.29, 1.82) is 0 Å². The summed E-state index contributed by atoms with van der Waals surface area (Å²) >= 11 is 0. The molecule has 6 heteroatoms. The number of benzene rings is 1. The smallest absolute Gasteiger partial charge is 0.401 e. The number of allylic oxidation sites excluding steroid dienone is 4. The lowest BCUT2D eigenvalue weighted by molar-refractivity contribution is -0.175. The molecule has 0 fully saturated rings. The molecule has 0 aromatic heterocycles. The second-order valence-corrected chi connectivity index (χ2v) is 6.31. The van der Waals surface area contributed by atoms with Crippen molar-refractivity contribution in [3.63, 3.8) is 0 Å². The zero-order valence-electron chi connectivity index (χ0n) is 14.6. The van der Waals surface area contributed by atoms with Crippen molar-refractivity contribution < 1.29 is 27.4 Å². The average molecular weight is 354 g/mol. The van der Waals surface area contributed by atoms with Crippen LogP contribution in [0.2, 0.25) is 0 Å². The lowest BCUT2D eigenvalue weighted by Crippen LogP contribution is -2.42. The van der Waals surface area contributed by atoms with Gasteiger partial charge in [0.05, 0.1) is 12.9 Å². The van der Waals surface area contributed by atoms with Gasteiger partial charge in [-0.1, -0.05) is 30.7 Å². The SMILES string of the molecule is COC1=CC=C(C(C)(c2ccc(OC(C)=O)cc2)C(F)(F)F)CC1C. The summed E-state index contributed by atoms with van der Waals surface area (Å²) in [6, 6.07) is 5.47. The Morgan fingerprint density at radius 2 is 1.76 bits per heavy atom. The Bertz CT molecular complexity index is 702. The Morgan fingerprint density at radius 3 is 2.20 bits per heavy atom. The molecule has 1 aromatic rings. The lowest BCUT2D eigenvalue weighted by Gasteiger charge is -2.37. The third-order valence-corrected chi connectivity index (χ3v) is 4.60. The maximum atomic E-state index is 14.0. The van der Waals surface area contributed by atoms with Crippen LogP contribution in [-0.4, -0.2) is 19.3 Å². The summed E-state index contributed by atoms with van der Waals surface area (Å²) in [7, 11) is 1.51. The minimum atomic E-state index is -4.47. The molecule has 0 heterocycles. The Kier molecular flexibility index (Phi) is 5.30. The maximum absolute atomic E-state index is 14.0. The predicted molar refractivity (Wildman–Crippen MR) is 88.1 cm³/mol. The predicted octanol–water partition coefficient (Wildman–Crippen LogP) is 4.93. The normalized spacial score (nSPS) is 20.2. The number of ether oxygens (including phenoxy) is 2. The number of alkyl halides is 3. The molecule has 1 aliphatic rings. The van der Waals surface area contributed by atoms with E-state index in [0.717, 1.165) is 0 Å². The number of carbonyl (C=O) groups excluding carboxylic acids is 1. The van der Waals surface area contributed by atoms with Crippen LogP contribution in [0.3, 0.4) is 0 Å². The summed E-state index contributed by atoms with van der Waals surface area (Å²) in [6.07, 6.45) is -1.13. The summed E-state index contributed by atoms with van der Waals surface area (Å²) in [4.78, 5) is 11.0. The Labute approximate surface area is 145 Å². The number of esters is 1. The van der Waals surface area contributed by atoms with E-state index in [0.29, 0.717) is 5.76 Å². The van der Waals surface area contributed by atoms with Crippen molar-refractivity contribution in [3.8, 4) is 5.75 Å². The van der Waals surface area contributed by atoms with Crippen molar-refractivity contribution >= 4 is 5.97 Å². The molecule has 0 bridgehead atoms. The highest BCUT2D eigenvalue weighted by molar-refractivity contribution is 5.69. The second-order valence-electron chi connectivity index (χ2n) is 6.31. The van der Waals surface area contributed by atoms with E-state index in [1.807, 2.05) is 6.92 Å². The quantitative estimate of drug-likeness (QED) is 0.568. The van der Waals surface area contributed by atoms with E-state index in [4.69, 9.17) is 9.47 Å². The molecule has 0 aliphatic heterocycles. The van der Waals surface area contributed by atoms with Crippen molar-refractivity contribution in [2.45, 2.75) is 38.8 Å². The second kappa shape index (κ2) is 6.94. The first-order valence-electron chi connectivity index (χ1n) is 7.90. The Balaban J connectivity index is 2.48. The van der Waals surface area contributed by atoms with Gasteiger partial charge in [-0.3, -0.25) is 4.79 Å². The summed E-state index contributed by atoms with van der Waals surface area (Å²) in [6.45, 7) is 4.25. The fourth-order valence-electron chi connectivity index (χ4n) is 3.04. The molecule has 0 amide bonds. The third-order valence-electron chi connectivity index (χ3n) is 4.60. The van der Waals surface area contributed by atoms with Crippen LogP contribution < -0.4 is 4.74 Å². The first-order valence-corrected chi connectivity index (χ1v) is 7.90. The number of rotatable bonds is 4. The van der Waals surface area contributed by atoms with Crippen LogP contribution in [-0.2, 0) is 14.9 Å². The lowest BCUT2D eigenvalue weighted by atomic mass is 9.70. The van der Waals surface area contributed by atoms with E-state index in [-0.39, 0.29) is 29.2 Å². The van der Waals surface area contributed by atoms with Crippen molar-refractivity contribution in [1.82, 2.24) is 0 Å².